The number of hydrogen-bond acceptors (Lipinski definition) is 4. The molecule has 7 heteroatoms. The summed E-state index contributed by atoms with van der Waals surface area (Å²) in [6.07, 6.45) is 0.643. The van der Waals surface area contributed by atoms with Crippen molar-refractivity contribution in [2.24, 2.45) is 7.05 Å². The molecule has 158 valence electrons. The van der Waals surface area contributed by atoms with Gasteiger partial charge in [-0.3, -0.25) is 9.58 Å². The van der Waals surface area contributed by atoms with Crippen LogP contribution in [0.25, 0.3) is 0 Å². The van der Waals surface area contributed by atoms with Crippen LogP contribution in [0.15, 0.2) is 54.6 Å². The third kappa shape index (κ3) is 5.19. The van der Waals surface area contributed by atoms with Crippen molar-refractivity contribution >= 4 is 11.6 Å². The zero-order chi connectivity index (χ0) is 20.9. The fourth-order valence-electron chi connectivity index (χ4n) is 3.62. The number of aromatic nitrogens is 2. The van der Waals surface area contributed by atoms with E-state index in [4.69, 9.17) is 21.1 Å². The first-order chi connectivity index (χ1) is 14.6. The van der Waals surface area contributed by atoms with Crippen LogP contribution in [0.1, 0.15) is 23.1 Å². The minimum atomic E-state index is -0.210. The molecule has 0 spiro atoms. The van der Waals surface area contributed by atoms with Crippen molar-refractivity contribution in [1.82, 2.24) is 14.7 Å². The predicted octanol–water partition coefficient (Wildman–Crippen LogP) is 4.41. The molecule has 0 amide bonds. The largest absolute Gasteiger partial charge is 0.492 e. The second kappa shape index (κ2) is 9.60. The van der Waals surface area contributed by atoms with E-state index in [9.17, 15) is 4.39 Å². The molecule has 2 heterocycles. The van der Waals surface area contributed by atoms with Crippen LogP contribution in [0, 0.1) is 5.82 Å². The van der Waals surface area contributed by atoms with Crippen molar-refractivity contribution in [2.45, 2.75) is 19.1 Å². The highest BCUT2D eigenvalue weighted by molar-refractivity contribution is 6.32. The van der Waals surface area contributed by atoms with Crippen molar-refractivity contribution in [3.8, 4) is 5.75 Å². The highest BCUT2D eigenvalue weighted by atomic mass is 35.5. The van der Waals surface area contributed by atoms with Crippen molar-refractivity contribution in [3.63, 3.8) is 0 Å². The molecule has 0 N–H and O–H groups in total. The Morgan fingerprint density at radius 1 is 1.20 bits per heavy atom. The molecule has 0 radical (unpaired) electrons. The molecule has 30 heavy (non-hydrogen) atoms. The van der Waals surface area contributed by atoms with Crippen molar-refractivity contribution in [1.29, 1.82) is 0 Å². The van der Waals surface area contributed by atoms with Gasteiger partial charge in [-0.25, -0.2) is 4.39 Å². The Labute approximate surface area is 181 Å². The summed E-state index contributed by atoms with van der Waals surface area (Å²) >= 11 is 6.14. The SMILES string of the molecule is Cn1nc([C@H]2CN(Cc3ccc(F)cc3)CCO2)cc1CCOc1ccccc1Cl. The van der Waals surface area contributed by atoms with Crippen LogP contribution in [-0.2, 0) is 24.8 Å². The van der Waals surface area contributed by atoms with Gasteiger partial charge in [0.05, 0.1) is 23.9 Å². The zero-order valence-electron chi connectivity index (χ0n) is 16.9. The van der Waals surface area contributed by atoms with E-state index in [-0.39, 0.29) is 11.9 Å². The summed E-state index contributed by atoms with van der Waals surface area (Å²) in [6, 6.07) is 16.2. The molecule has 1 aliphatic rings. The molecule has 5 nitrogen and oxygen atoms in total. The van der Waals surface area contributed by atoms with Crippen LogP contribution in [0.2, 0.25) is 5.02 Å². The highest BCUT2D eigenvalue weighted by Crippen LogP contribution is 2.25. The molecule has 0 aliphatic carbocycles. The van der Waals surface area contributed by atoms with E-state index >= 15 is 0 Å². The van der Waals surface area contributed by atoms with Crippen molar-refractivity contribution in [3.05, 3.63) is 82.4 Å². The molecule has 3 aromatic rings. The zero-order valence-corrected chi connectivity index (χ0v) is 17.7. The van der Waals surface area contributed by atoms with Gasteiger partial charge in [0.2, 0.25) is 0 Å². The average Bonchev–Trinajstić information content (AvgIpc) is 3.12. The molecule has 1 fully saturated rings. The van der Waals surface area contributed by atoms with Gasteiger partial charge in [-0.1, -0.05) is 35.9 Å². The topological polar surface area (TPSA) is 39.5 Å². The Balaban J connectivity index is 1.34. The van der Waals surface area contributed by atoms with Crippen molar-refractivity contribution in [2.75, 3.05) is 26.3 Å². The predicted molar refractivity (Wildman–Crippen MR) is 114 cm³/mol. The summed E-state index contributed by atoms with van der Waals surface area (Å²) in [4.78, 5) is 2.32. The van der Waals surface area contributed by atoms with Crippen LogP contribution in [0.4, 0.5) is 4.39 Å². The fraction of sp³-hybridized carbons (Fsp3) is 0.348. The van der Waals surface area contributed by atoms with Gasteiger partial charge in [0.1, 0.15) is 17.7 Å². The average molecular weight is 430 g/mol. The standard InChI is InChI=1S/C23H25ClFN3O2/c1-27-19(10-12-29-22-5-3-2-4-20(22)24)14-21(26-27)23-16-28(11-13-30-23)15-17-6-8-18(25)9-7-17/h2-9,14,23H,10-13,15-16H2,1H3/t23-/m1/s1. The van der Waals surface area contributed by atoms with Gasteiger partial charge in [-0.2, -0.15) is 5.10 Å². The van der Waals surface area contributed by atoms with Gasteiger partial charge >= 0.3 is 0 Å². The maximum atomic E-state index is 13.1. The lowest BCUT2D eigenvalue weighted by Gasteiger charge is -2.32. The minimum absolute atomic E-state index is 0.0800. The summed E-state index contributed by atoms with van der Waals surface area (Å²) in [5.74, 6) is 0.478. The van der Waals surface area contributed by atoms with Gasteiger partial charge in [-0.05, 0) is 35.9 Å². The van der Waals surface area contributed by atoms with Gasteiger partial charge in [0.15, 0.2) is 0 Å². The Bertz CT molecular complexity index is 977. The molecular formula is C23H25ClFN3O2. The number of halogens is 2. The molecule has 1 aromatic heterocycles. The number of ether oxygens (including phenoxy) is 2. The van der Waals surface area contributed by atoms with E-state index in [0.717, 1.165) is 43.0 Å². The van der Waals surface area contributed by atoms with E-state index in [1.54, 1.807) is 0 Å². The molecule has 1 saturated heterocycles. The first-order valence-electron chi connectivity index (χ1n) is 10.1. The molecule has 1 atom stereocenters. The maximum absolute atomic E-state index is 13.1. The van der Waals surface area contributed by atoms with Crippen LogP contribution in [-0.4, -0.2) is 41.0 Å². The van der Waals surface area contributed by atoms with Gasteiger partial charge in [-0.15, -0.1) is 0 Å². The Morgan fingerprint density at radius 3 is 2.80 bits per heavy atom. The molecule has 4 rings (SSSR count). The first-order valence-corrected chi connectivity index (χ1v) is 10.4. The Morgan fingerprint density at radius 2 is 2.00 bits per heavy atom. The third-order valence-electron chi connectivity index (χ3n) is 5.25. The third-order valence-corrected chi connectivity index (χ3v) is 5.56. The number of benzene rings is 2. The summed E-state index contributed by atoms with van der Waals surface area (Å²) in [7, 11) is 1.94. The smallest absolute Gasteiger partial charge is 0.137 e. The van der Waals surface area contributed by atoms with Crippen LogP contribution in [0.3, 0.4) is 0 Å². The monoisotopic (exact) mass is 429 g/mol. The lowest BCUT2D eigenvalue weighted by Crippen LogP contribution is -2.38. The lowest BCUT2D eigenvalue weighted by molar-refractivity contribution is -0.0352. The lowest BCUT2D eigenvalue weighted by atomic mass is 10.1. The Hall–Kier alpha value is -2.41. The van der Waals surface area contributed by atoms with E-state index in [0.29, 0.717) is 24.0 Å². The van der Waals surface area contributed by atoms with Crippen LogP contribution >= 0.6 is 11.6 Å². The number of para-hydroxylation sites is 1. The fourth-order valence-corrected chi connectivity index (χ4v) is 3.81. The molecule has 0 saturated carbocycles. The number of morpholine rings is 1. The second-order valence-corrected chi connectivity index (χ2v) is 7.84. The number of aryl methyl sites for hydroxylation is 1. The summed E-state index contributed by atoms with van der Waals surface area (Å²) in [5.41, 5.74) is 3.10. The van der Waals surface area contributed by atoms with Gasteiger partial charge < -0.3 is 9.47 Å². The number of rotatable bonds is 7. The Kier molecular flexibility index (Phi) is 6.67. The second-order valence-electron chi connectivity index (χ2n) is 7.43. The van der Waals surface area contributed by atoms with Crippen LogP contribution < -0.4 is 4.74 Å². The van der Waals surface area contributed by atoms with Crippen molar-refractivity contribution < 1.29 is 13.9 Å². The van der Waals surface area contributed by atoms with Crippen LogP contribution in [0.5, 0.6) is 5.75 Å². The van der Waals surface area contributed by atoms with E-state index in [1.165, 1.54) is 12.1 Å². The molecule has 0 unspecified atom stereocenters. The molecule has 2 aromatic carbocycles. The molecular weight excluding hydrogens is 405 g/mol. The maximum Gasteiger partial charge on any atom is 0.137 e. The summed E-state index contributed by atoms with van der Waals surface area (Å²) in [5, 5.41) is 5.28. The highest BCUT2D eigenvalue weighted by Gasteiger charge is 2.25. The van der Waals surface area contributed by atoms with Gasteiger partial charge in [0.25, 0.3) is 0 Å². The van der Waals surface area contributed by atoms with Gasteiger partial charge in [0, 0.05) is 38.8 Å². The quantitative estimate of drug-likeness (QED) is 0.557. The normalized spacial score (nSPS) is 17.2. The minimum Gasteiger partial charge on any atom is -0.492 e. The number of nitrogens with zero attached hydrogens (tertiary/aromatic N) is 3. The molecule has 1 aliphatic heterocycles. The van der Waals surface area contributed by atoms with E-state index in [2.05, 4.69) is 16.1 Å². The number of hydrogen-bond donors (Lipinski definition) is 0. The van der Waals surface area contributed by atoms with E-state index < -0.39 is 0 Å². The summed E-state index contributed by atoms with van der Waals surface area (Å²) < 4.78 is 26.8. The molecule has 0 bridgehead atoms. The van der Waals surface area contributed by atoms with E-state index in [1.807, 2.05) is 48.1 Å². The summed E-state index contributed by atoms with van der Waals surface area (Å²) in [6.45, 7) is 3.53. The first kappa shape index (κ1) is 20.8.